The third-order valence-corrected chi connectivity index (χ3v) is 3.76. The quantitative estimate of drug-likeness (QED) is 0.660. The Kier molecular flexibility index (Phi) is 2.20. The Balaban J connectivity index is 1.93. The van der Waals surface area contributed by atoms with E-state index in [-0.39, 0.29) is 11.8 Å². The molecule has 6 heteroatoms. The van der Waals surface area contributed by atoms with E-state index in [0.29, 0.717) is 24.1 Å². The molecule has 100 valence electrons. The number of amides is 2. The Hall–Kier alpha value is -2.63. The first-order valence-corrected chi connectivity index (χ1v) is 6.43. The number of rotatable bonds is 1. The lowest BCUT2D eigenvalue weighted by Crippen LogP contribution is -2.39. The van der Waals surface area contributed by atoms with E-state index in [1.54, 1.807) is 0 Å². The van der Waals surface area contributed by atoms with Gasteiger partial charge in [0.05, 0.1) is 11.3 Å². The fraction of sp³-hybridized carbons (Fsp3) is 0.214. The Bertz CT molecular complexity index is 846. The molecule has 1 aromatic carbocycles. The standard InChI is InChI=1S/C14H11N3O3/c18-11-4-1-8(14(19)16-11)13-12-7-5-6-15-9(7)2-3-10(12)20-17-13/h2-3,5-6,8,15H,1,4H2,(H,16,18,19)/t8-/m1/s1. The summed E-state index contributed by atoms with van der Waals surface area (Å²) in [6.45, 7) is 0. The highest BCUT2D eigenvalue weighted by Gasteiger charge is 2.32. The summed E-state index contributed by atoms with van der Waals surface area (Å²) in [5.41, 5.74) is 2.22. The summed E-state index contributed by atoms with van der Waals surface area (Å²) in [7, 11) is 0. The Morgan fingerprint density at radius 1 is 1.25 bits per heavy atom. The number of fused-ring (bicyclic) bond motifs is 3. The van der Waals surface area contributed by atoms with Gasteiger partial charge in [0.25, 0.3) is 0 Å². The van der Waals surface area contributed by atoms with Crippen LogP contribution in [0.4, 0.5) is 0 Å². The molecule has 0 radical (unpaired) electrons. The van der Waals surface area contributed by atoms with Gasteiger partial charge < -0.3 is 9.51 Å². The monoisotopic (exact) mass is 269 g/mol. The first-order chi connectivity index (χ1) is 9.74. The molecule has 1 fully saturated rings. The first-order valence-electron chi connectivity index (χ1n) is 6.43. The van der Waals surface area contributed by atoms with Crippen LogP contribution in [0, 0.1) is 0 Å². The van der Waals surface area contributed by atoms with E-state index in [2.05, 4.69) is 15.5 Å². The Labute approximate surface area is 113 Å². The van der Waals surface area contributed by atoms with E-state index in [1.165, 1.54) is 0 Å². The van der Waals surface area contributed by atoms with Crippen LogP contribution in [0.25, 0.3) is 21.9 Å². The highest BCUT2D eigenvalue weighted by Crippen LogP contribution is 2.34. The van der Waals surface area contributed by atoms with Gasteiger partial charge in [-0.15, -0.1) is 0 Å². The van der Waals surface area contributed by atoms with Crippen LogP contribution in [-0.4, -0.2) is 22.0 Å². The molecule has 3 heterocycles. The molecule has 0 bridgehead atoms. The number of aromatic nitrogens is 2. The molecule has 0 aliphatic carbocycles. The second-order valence-electron chi connectivity index (χ2n) is 4.95. The molecule has 6 nitrogen and oxygen atoms in total. The molecule has 1 atom stereocenters. The normalized spacial score (nSPS) is 19.7. The van der Waals surface area contributed by atoms with Crippen molar-refractivity contribution in [3.8, 4) is 0 Å². The highest BCUT2D eigenvalue weighted by molar-refractivity contribution is 6.09. The van der Waals surface area contributed by atoms with E-state index >= 15 is 0 Å². The van der Waals surface area contributed by atoms with Crippen LogP contribution in [-0.2, 0) is 9.59 Å². The van der Waals surface area contributed by atoms with E-state index in [4.69, 9.17) is 4.52 Å². The van der Waals surface area contributed by atoms with Crippen molar-refractivity contribution in [3.63, 3.8) is 0 Å². The van der Waals surface area contributed by atoms with Crippen molar-refractivity contribution in [1.82, 2.24) is 15.5 Å². The molecule has 0 unspecified atom stereocenters. The minimum atomic E-state index is -0.436. The summed E-state index contributed by atoms with van der Waals surface area (Å²) in [4.78, 5) is 26.4. The molecule has 1 saturated heterocycles. The molecular formula is C14H11N3O3. The molecule has 2 N–H and O–H groups in total. The van der Waals surface area contributed by atoms with Crippen LogP contribution in [0.3, 0.4) is 0 Å². The number of aromatic amines is 1. The number of carbonyl (C=O) groups excluding carboxylic acids is 2. The predicted molar refractivity (Wildman–Crippen MR) is 71.0 cm³/mol. The number of H-pyrrole nitrogens is 1. The lowest BCUT2D eigenvalue weighted by atomic mass is 9.92. The van der Waals surface area contributed by atoms with Crippen molar-refractivity contribution in [3.05, 3.63) is 30.1 Å². The summed E-state index contributed by atoms with van der Waals surface area (Å²) in [6.07, 6.45) is 2.63. The van der Waals surface area contributed by atoms with Gasteiger partial charge in [0.15, 0.2) is 5.58 Å². The lowest BCUT2D eigenvalue weighted by molar-refractivity contribution is -0.134. The average molecular weight is 269 g/mol. The van der Waals surface area contributed by atoms with E-state index in [0.717, 1.165) is 16.3 Å². The van der Waals surface area contributed by atoms with E-state index in [1.807, 2.05) is 24.4 Å². The van der Waals surface area contributed by atoms with Crippen LogP contribution in [0.2, 0.25) is 0 Å². The number of nitrogens with one attached hydrogen (secondary N) is 2. The number of carbonyl (C=O) groups is 2. The third kappa shape index (κ3) is 1.48. The zero-order valence-electron chi connectivity index (χ0n) is 10.5. The van der Waals surface area contributed by atoms with Crippen LogP contribution in [0.5, 0.6) is 0 Å². The number of nitrogens with zero attached hydrogens (tertiary/aromatic N) is 1. The SMILES string of the molecule is O=C1CC[C@H](c2noc3ccc4[nH]ccc4c23)C(=O)N1. The number of hydrogen-bond donors (Lipinski definition) is 2. The molecule has 4 rings (SSSR count). The van der Waals surface area contributed by atoms with Crippen molar-refractivity contribution in [2.75, 3.05) is 0 Å². The molecule has 2 aromatic heterocycles. The zero-order chi connectivity index (χ0) is 13.7. The van der Waals surface area contributed by atoms with Gasteiger partial charge in [0.1, 0.15) is 5.69 Å². The molecule has 1 aliphatic rings. The van der Waals surface area contributed by atoms with E-state index in [9.17, 15) is 9.59 Å². The Morgan fingerprint density at radius 2 is 2.15 bits per heavy atom. The van der Waals surface area contributed by atoms with Gasteiger partial charge in [-0.3, -0.25) is 14.9 Å². The minimum absolute atomic E-state index is 0.231. The molecule has 0 saturated carbocycles. The summed E-state index contributed by atoms with van der Waals surface area (Å²) >= 11 is 0. The first kappa shape index (κ1) is 11.2. The largest absolute Gasteiger partial charge is 0.361 e. The van der Waals surface area contributed by atoms with Gasteiger partial charge in [-0.25, -0.2) is 0 Å². The van der Waals surface area contributed by atoms with Crippen molar-refractivity contribution < 1.29 is 14.1 Å². The third-order valence-electron chi connectivity index (χ3n) is 3.76. The predicted octanol–water partition coefficient (Wildman–Crippen LogP) is 1.83. The maximum atomic E-state index is 12.0. The van der Waals surface area contributed by atoms with Crippen LogP contribution in [0.15, 0.2) is 28.9 Å². The topological polar surface area (TPSA) is 88.0 Å². The van der Waals surface area contributed by atoms with Gasteiger partial charge in [0, 0.05) is 23.5 Å². The van der Waals surface area contributed by atoms with Crippen LogP contribution >= 0.6 is 0 Å². The summed E-state index contributed by atoms with van der Waals surface area (Å²) < 4.78 is 5.33. The van der Waals surface area contributed by atoms with Crippen molar-refractivity contribution in [2.45, 2.75) is 18.8 Å². The fourth-order valence-electron chi connectivity index (χ4n) is 2.79. The number of hydrogen-bond acceptors (Lipinski definition) is 4. The van der Waals surface area contributed by atoms with Crippen LogP contribution in [0.1, 0.15) is 24.5 Å². The molecule has 1 aliphatic heterocycles. The fourth-order valence-corrected chi connectivity index (χ4v) is 2.79. The summed E-state index contributed by atoms with van der Waals surface area (Å²) in [5, 5.41) is 8.24. The van der Waals surface area contributed by atoms with E-state index < -0.39 is 5.92 Å². The molecule has 20 heavy (non-hydrogen) atoms. The molecular weight excluding hydrogens is 258 g/mol. The van der Waals surface area contributed by atoms with Crippen molar-refractivity contribution >= 4 is 33.7 Å². The van der Waals surface area contributed by atoms with Crippen molar-refractivity contribution in [1.29, 1.82) is 0 Å². The van der Waals surface area contributed by atoms with Gasteiger partial charge in [-0.1, -0.05) is 5.16 Å². The summed E-state index contributed by atoms with van der Waals surface area (Å²) in [6, 6.07) is 5.68. The number of benzene rings is 1. The zero-order valence-corrected chi connectivity index (χ0v) is 10.5. The second kappa shape index (κ2) is 3.93. The molecule has 2 amide bonds. The minimum Gasteiger partial charge on any atom is -0.361 e. The molecule has 3 aromatic rings. The number of piperidine rings is 1. The smallest absolute Gasteiger partial charge is 0.235 e. The average Bonchev–Trinajstić information content (AvgIpc) is 3.03. The Morgan fingerprint density at radius 3 is 3.00 bits per heavy atom. The maximum Gasteiger partial charge on any atom is 0.235 e. The van der Waals surface area contributed by atoms with Gasteiger partial charge in [0.2, 0.25) is 11.8 Å². The van der Waals surface area contributed by atoms with Crippen molar-refractivity contribution in [2.24, 2.45) is 0 Å². The molecule has 0 spiro atoms. The van der Waals surface area contributed by atoms with Crippen LogP contribution < -0.4 is 5.32 Å². The highest BCUT2D eigenvalue weighted by atomic mass is 16.5. The maximum absolute atomic E-state index is 12.0. The number of imide groups is 1. The van der Waals surface area contributed by atoms with Gasteiger partial charge >= 0.3 is 0 Å². The van der Waals surface area contributed by atoms with Gasteiger partial charge in [-0.05, 0) is 24.6 Å². The summed E-state index contributed by atoms with van der Waals surface area (Å²) in [5.74, 6) is -0.968. The lowest BCUT2D eigenvalue weighted by Gasteiger charge is -2.18. The second-order valence-corrected chi connectivity index (χ2v) is 4.95. The van der Waals surface area contributed by atoms with Gasteiger partial charge in [-0.2, -0.15) is 0 Å².